The molecule has 4 nitrogen and oxygen atoms in total. The van der Waals surface area contributed by atoms with Gasteiger partial charge in [0.15, 0.2) is 0 Å². The van der Waals surface area contributed by atoms with E-state index in [0.29, 0.717) is 23.5 Å². The second-order valence-electron chi connectivity index (χ2n) is 8.01. The Balaban J connectivity index is 1.74. The van der Waals surface area contributed by atoms with Crippen LogP contribution in [0.4, 0.5) is 4.39 Å². The first-order valence-electron chi connectivity index (χ1n) is 9.12. The third-order valence-electron chi connectivity index (χ3n) is 4.77. The maximum atomic E-state index is 13.9. The number of aliphatic carboxylic acids is 1. The Labute approximate surface area is 158 Å². The van der Waals surface area contributed by atoms with Crippen LogP contribution in [0.1, 0.15) is 50.3 Å². The lowest BCUT2D eigenvalue weighted by Gasteiger charge is -2.19. The Hall–Kier alpha value is -2.56. The highest BCUT2D eigenvalue weighted by Gasteiger charge is 2.32. The zero-order chi connectivity index (χ0) is 19.8. The Bertz CT molecular complexity index is 840. The van der Waals surface area contributed by atoms with Crippen molar-refractivity contribution in [3.8, 4) is 11.5 Å². The fraction of sp³-hybridized carbons (Fsp3) is 0.409. The van der Waals surface area contributed by atoms with Gasteiger partial charge in [-0.05, 0) is 49.6 Å². The van der Waals surface area contributed by atoms with Crippen LogP contribution in [0, 0.1) is 11.7 Å². The molecule has 0 aliphatic carbocycles. The monoisotopic (exact) mass is 372 g/mol. The molecule has 1 atom stereocenters. The highest BCUT2D eigenvalue weighted by molar-refractivity contribution is 5.76. The number of rotatable bonds is 6. The van der Waals surface area contributed by atoms with Gasteiger partial charge in [0.25, 0.3) is 0 Å². The van der Waals surface area contributed by atoms with Crippen LogP contribution >= 0.6 is 0 Å². The van der Waals surface area contributed by atoms with Gasteiger partial charge in [-0.1, -0.05) is 26.0 Å². The van der Waals surface area contributed by atoms with Gasteiger partial charge in [-0.3, -0.25) is 4.79 Å². The molecule has 0 spiro atoms. The zero-order valence-corrected chi connectivity index (χ0v) is 16.1. The Morgan fingerprint density at radius 2 is 1.93 bits per heavy atom. The van der Waals surface area contributed by atoms with Crippen LogP contribution in [0.15, 0.2) is 36.4 Å². The van der Waals surface area contributed by atoms with Crippen LogP contribution in [-0.2, 0) is 17.8 Å². The summed E-state index contributed by atoms with van der Waals surface area (Å²) >= 11 is 0. The van der Waals surface area contributed by atoms with E-state index >= 15 is 0 Å². The van der Waals surface area contributed by atoms with Gasteiger partial charge in [0.2, 0.25) is 0 Å². The normalized spacial score (nSPS) is 15.9. The molecule has 0 aromatic heterocycles. The lowest BCUT2D eigenvalue weighted by molar-refractivity contribution is -0.139. The van der Waals surface area contributed by atoms with Gasteiger partial charge in [0.1, 0.15) is 29.5 Å². The molecule has 0 saturated carbocycles. The number of benzene rings is 2. The summed E-state index contributed by atoms with van der Waals surface area (Å²) in [5.41, 5.74) is 1.91. The van der Waals surface area contributed by atoms with Gasteiger partial charge < -0.3 is 14.6 Å². The molecule has 1 heterocycles. The summed E-state index contributed by atoms with van der Waals surface area (Å²) in [4.78, 5) is 11.4. The molecule has 1 N–H and O–H groups in total. The van der Waals surface area contributed by atoms with Crippen molar-refractivity contribution in [1.82, 2.24) is 0 Å². The number of hydrogen-bond acceptors (Lipinski definition) is 3. The Morgan fingerprint density at radius 1 is 1.26 bits per heavy atom. The molecular formula is C22H25FO4. The number of carbonyl (C=O) groups is 1. The summed E-state index contributed by atoms with van der Waals surface area (Å²) in [5, 5.41) is 9.40. The molecule has 1 aliphatic rings. The van der Waals surface area contributed by atoms with E-state index in [9.17, 15) is 14.3 Å². The lowest BCUT2D eigenvalue weighted by atomic mass is 9.88. The summed E-state index contributed by atoms with van der Waals surface area (Å²) in [6.07, 6.45) is 0.660. The molecule has 0 radical (unpaired) electrons. The molecule has 144 valence electrons. The summed E-state index contributed by atoms with van der Waals surface area (Å²) < 4.78 is 25.7. The minimum absolute atomic E-state index is 0.00958. The molecule has 0 saturated heterocycles. The van der Waals surface area contributed by atoms with Crippen molar-refractivity contribution >= 4 is 5.97 Å². The molecule has 0 bridgehead atoms. The molecular weight excluding hydrogens is 347 g/mol. The molecule has 1 unspecified atom stereocenters. The Kier molecular flexibility index (Phi) is 5.13. The maximum absolute atomic E-state index is 13.9. The molecule has 3 rings (SSSR count). The van der Waals surface area contributed by atoms with Crippen molar-refractivity contribution in [1.29, 1.82) is 0 Å². The molecule has 27 heavy (non-hydrogen) atoms. The number of carboxylic acid groups (broad SMARTS) is 1. The Morgan fingerprint density at radius 3 is 2.52 bits per heavy atom. The fourth-order valence-corrected chi connectivity index (χ4v) is 3.60. The molecule has 0 amide bonds. The lowest BCUT2D eigenvalue weighted by Crippen LogP contribution is -2.25. The van der Waals surface area contributed by atoms with E-state index < -0.39 is 11.9 Å². The standard InChI is InChI=1S/C22H25FO4/c1-13(2)19(21(24)25)14-5-7-18(8-6-14)26-12-16-10-17(23)9-15-11-22(3,4)27-20(15)16/h5-10,13,19H,11-12H2,1-4H3,(H,24,25). The van der Waals surface area contributed by atoms with E-state index in [1.54, 1.807) is 24.3 Å². The zero-order valence-electron chi connectivity index (χ0n) is 16.1. The average Bonchev–Trinajstić information content (AvgIpc) is 2.87. The SMILES string of the molecule is CC(C)C(C(=O)O)c1ccc(OCc2cc(F)cc3c2OC(C)(C)C3)cc1. The predicted molar refractivity (Wildman–Crippen MR) is 101 cm³/mol. The first-order chi connectivity index (χ1) is 12.7. The van der Waals surface area contributed by atoms with Crippen molar-refractivity contribution in [2.75, 3.05) is 0 Å². The van der Waals surface area contributed by atoms with Crippen LogP contribution in [0.3, 0.4) is 0 Å². The van der Waals surface area contributed by atoms with E-state index in [-0.39, 0.29) is 23.9 Å². The maximum Gasteiger partial charge on any atom is 0.311 e. The minimum atomic E-state index is -0.839. The quantitative estimate of drug-likeness (QED) is 0.780. The summed E-state index contributed by atoms with van der Waals surface area (Å²) in [6.45, 7) is 7.90. The van der Waals surface area contributed by atoms with Gasteiger partial charge >= 0.3 is 5.97 Å². The van der Waals surface area contributed by atoms with E-state index in [2.05, 4.69) is 0 Å². The number of hydrogen-bond donors (Lipinski definition) is 1. The minimum Gasteiger partial charge on any atom is -0.489 e. The molecule has 0 fully saturated rings. The van der Waals surface area contributed by atoms with E-state index in [1.165, 1.54) is 12.1 Å². The van der Waals surface area contributed by atoms with Gasteiger partial charge in [-0.25, -0.2) is 4.39 Å². The average molecular weight is 372 g/mol. The second kappa shape index (κ2) is 7.22. The first kappa shape index (κ1) is 19.2. The van der Waals surface area contributed by atoms with Crippen LogP contribution in [-0.4, -0.2) is 16.7 Å². The van der Waals surface area contributed by atoms with Crippen LogP contribution in [0.25, 0.3) is 0 Å². The molecule has 2 aromatic carbocycles. The van der Waals surface area contributed by atoms with E-state index in [0.717, 1.165) is 11.1 Å². The molecule has 5 heteroatoms. The number of ether oxygens (including phenoxy) is 2. The van der Waals surface area contributed by atoms with Crippen LogP contribution in [0.2, 0.25) is 0 Å². The smallest absolute Gasteiger partial charge is 0.311 e. The van der Waals surface area contributed by atoms with Gasteiger partial charge in [-0.15, -0.1) is 0 Å². The van der Waals surface area contributed by atoms with Crippen molar-refractivity contribution < 1.29 is 23.8 Å². The van der Waals surface area contributed by atoms with E-state index in [1.807, 2.05) is 27.7 Å². The summed E-state index contributed by atoms with van der Waals surface area (Å²) in [7, 11) is 0. The molecule has 1 aliphatic heterocycles. The third-order valence-corrected chi connectivity index (χ3v) is 4.77. The highest BCUT2D eigenvalue weighted by Crippen LogP contribution is 2.38. The van der Waals surface area contributed by atoms with Crippen molar-refractivity contribution in [2.45, 2.75) is 52.2 Å². The van der Waals surface area contributed by atoms with Crippen molar-refractivity contribution in [3.05, 3.63) is 58.9 Å². The van der Waals surface area contributed by atoms with Crippen LogP contribution in [0.5, 0.6) is 11.5 Å². The highest BCUT2D eigenvalue weighted by atomic mass is 19.1. The summed E-state index contributed by atoms with van der Waals surface area (Å²) in [5.74, 6) is -0.407. The van der Waals surface area contributed by atoms with Crippen LogP contribution < -0.4 is 9.47 Å². The number of carboxylic acids is 1. The van der Waals surface area contributed by atoms with Gasteiger partial charge in [-0.2, -0.15) is 0 Å². The largest absolute Gasteiger partial charge is 0.489 e. The first-order valence-corrected chi connectivity index (χ1v) is 9.12. The van der Waals surface area contributed by atoms with Crippen molar-refractivity contribution in [2.24, 2.45) is 5.92 Å². The number of halogens is 1. The van der Waals surface area contributed by atoms with Crippen molar-refractivity contribution in [3.63, 3.8) is 0 Å². The predicted octanol–water partition coefficient (Wildman–Crippen LogP) is 4.94. The fourth-order valence-electron chi connectivity index (χ4n) is 3.60. The number of fused-ring (bicyclic) bond motifs is 1. The second-order valence-corrected chi connectivity index (χ2v) is 8.01. The third kappa shape index (κ3) is 4.24. The van der Waals surface area contributed by atoms with Gasteiger partial charge in [0, 0.05) is 17.5 Å². The topological polar surface area (TPSA) is 55.8 Å². The summed E-state index contributed by atoms with van der Waals surface area (Å²) in [6, 6.07) is 9.98. The van der Waals surface area contributed by atoms with E-state index in [4.69, 9.17) is 9.47 Å². The van der Waals surface area contributed by atoms with Gasteiger partial charge in [0.05, 0.1) is 5.92 Å². The molecule has 2 aromatic rings.